The first-order valence-corrected chi connectivity index (χ1v) is 9.27. The summed E-state index contributed by atoms with van der Waals surface area (Å²) in [6.07, 6.45) is 2.86. The SMILES string of the molecule is C=CO.CC1(C)Cc2nc(Cl)c3c(c2C(O)C1)COC3=O.CCC(C)C. The maximum absolute atomic E-state index is 11.6. The van der Waals surface area contributed by atoms with Crippen LogP contribution in [0.4, 0.5) is 0 Å². The smallest absolute Gasteiger partial charge is 0.342 e. The van der Waals surface area contributed by atoms with Gasteiger partial charge in [-0.15, -0.1) is 0 Å². The lowest BCUT2D eigenvalue weighted by molar-refractivity contribution is 0.0529. The number of aromatic nitrogens is 1. The van der Waals surface area contributed by atoms with Gasteiger partial charge in [0.2, 0.25) is 0 Å². The number of hydrogen-bond acceptors (Lipinski definition) is 5. The van der Waals surface area contributed by atoms with Gasteiger partial charge in [-0.05, 0) is 24.2 Å². The average Bonchev–Trinajstić information content (AvgIpc) is 2.89. The molecule has 0 saturated carbocycles. The summed E-state index contributed by atoms with van der Waals surface area (Å²) >= 11 is 6.05. The van der Waals surface area contributed by atoms with Crippen LogP contribution in [-0.2, 0) is 17.8 Å². The number of esters is 1. The van der Waals surface area contributed by atoms with E-state index in [4.69, 9.17) is 21.4 Å². The van der Waals surface area contributed by atoms with Crippen molar-refractivity contribution in [2.24, 2.45) is 11.3 Å². The van der Waals surface area contributed by atoms with E-state index in [1.54, 1.807) is 0 Å². The number of carbonyl (C=O) groups excluding carboxylic acids is 1. The topological polar surface area (TPSA) is 79.7 Å². The van der Waals surface area contributed by atoms with Gasteiger partial charge in [0.15, 0.2) is 0 Å². The zero-order chi connectivity index (χ0) is 20.1. The predicted octanol–water partition coefficient (Wildman–Crippen LogP) is 5.15. The minimum atomic E-state index is -0.600. The number of rotatable bonds is 1. The zero-order valence-electron chi connectivity index (χ0n) is 16.3. The number of carbonyl (C=O) groups is 1. The van der Waals surface area contributed by atoms with Gasteiger partial charge in [0, 0.05) is 16.8 Å². The lowest BCUT2D eigenvalue weighted by atomic mass is 9.73. The van der Waals surface area contributed by atoms with Crippen molar-refractivity contribution in [2.75, 3.05) is 0 Å². The number of aliphatic hydroxyl groups excluding tert-OH is 2. The van der Waals surface area contributed by atoms with E-state index in [1.807, 2.05) is 0 Å². The Kier molecular flexibility index (Phi) is 8.10. The van der Waals surface area contributed by atoms with Gasteiger partial charge in [-0.3, -0.25) is 0 Å². The molecule has 2 aliphatic rings. The average molecular weight is 384 g/mol. The van der Waals surface area contributed by atoms with Gasteiger partial charge >= 0.3 is 5.97 Å². The molecule has 3 rings (SSSR count). The lowest BCUT2D eigenvalue weighted by Crippen LogP contribution is -2.28. The Balaban J connectivity index is 0.000000361. The summed E-state index contributed by atoms with van der Waals surface area (Å²) in [5.41, 5.74) is 2.58. The molecule has 1 aliphatic heterocycles. The highest BCUT2D eigenvalue weighted by Gasteiger charge is 2.38. The molecule has 0 spiro atoms. The molecular weight excluding hydrogens is 354 g/mol. The van der Waals surface area contributed by atoms with E-state index in [-0.39, 0.29) is 17.2 Å². The number of pyridine rings is 1. The van der Waals surface area contributed by atoms with Crippen molar-refractivity contribution >= 4 is 17.6 Å². The maximum Gasteiger partial charge on any atom is 0.342 e. The molecule has 0 fully saturated rings. The summed E-state index contributed by atoms with van der Waals surface area (Å²) in [5.74, 6) is 0.442. The first-order chi connectivity index (χ1) is 12.1. The van der Waals surface area contributed by atoms with E-state index >= 15 is 0 Å². The highest BCUT2D eigenvalue weighted by Crippen LogP contribution is 2.44. The normalized spacial score (nSPS) is 19.2. The van der Waals surface area contributed by atoms with Gasteiger partial charge in [0.1, 0.15) is 17.3 Å². The van der Waals surface area contributed by atoms with Crippen LogP contribution >= 0.6 is 11.6 Å². The zero-order valence-corrected chi connectivity index (χ0v) is 17.1. The first kappa shape index (κ1) is 22.5. The Hall–Kier alpha value is -1.59. The van der Waals surface area contributed by atoms with Crippen molar-refractivity contribution in [3.8, 4) is 0 Å². The van der Waals surface area contributed by atoms with Gasteiger partial charge in [-0.2, -0.15) is 0 Å². The Labute approximate surface area is 161 Å². The highest BCUT2D eigenvalue weighted by atomic mass is 35.5. The number of halogens is 1. The number of cyclic esters (lactones) is 1. The van der Waals surface area contributed by atoms with Crippen molar-refractivity contribution in [1.29, 1.82) is 0 Å². The van der Waals surface area contributed by atoms with Gasteiger partial charge in [-0.1, -0.05) is 59.2 Å². The number of ether oxygens (including phenoxy) is 1. The number of aliphatic hydroxyl groups is 2. The molecule has 0 saturated heterocycles. The minimum Gasteiger partial charge on any atom is -0.516 e. The molecule has 5 nitrogen and oxygen atoms in total. The number of fused-ring (bicyclic) bond motifs is 3. The predicted molar refractivity (Wildman–Crippen MR) is 103 cm³/mol. The van der Waals surface area contributed by atoms with E-state index in [9.17, 15) is 9.90 Å². The summed E-state index contributed by atoms with van der Waals surface area (Å²) < 4.78 is 5.00. The largest absolute Gasteiger partial charge is 0.516 e. The molecule has 146 valence electrons. The van der Waals surface area contributed by atoms with Crippen molar-refractivity contribution in [3.05, 3.63) is 40.4 Å². The van der Waals surface area contributed by atoms with Crippen LogP contribution in [0, 0.1) is 11.3 Å². The molecule has 1 unspecified atom stereocenters. The molecular formula is C20H30ClNO4. The second kappa shape index (κ2) is 9.38. The fraction of sp³-hybridized carbons (Fsp3) is 0.600. The van der Waals surface area contributed by atoms with Gasteiger partial charge in [-0.25, -0.2) is 9.78 Å². The van der Waals surface area contributed by atoms with Crippen LogP contribution in [0.5, 0.6) is 0 Å². The molecule has 0 amide bonds. The molecule has 1 atom stereocenters. The van der Waals surface area contributed by atoms with E-state index in [0.29, 0.717) is 12.0 Å². The molecule has 1 aromatic rings. The van der Waals surface area contributed by atoms with Crippen LogP contribution in [0.3, 0.4) is 0 Å². The molecule has 1 aliphatic carbocycles. The number of nitrogens with zero attached hydrogens (tertiary/aromatic N) is 1. The van der Waals surface area contributed by atoms with Crippen LogP contribution in [-0.4, -0.2) is 21.2 Å². The van der Waals surface area contributed by atoms with Crippen LogP contribution < -0.4 is 0 Å². The molecule has 1 aromatic heterocycles. The Morgan fingerprint density at radius 3 is 2.50 bits per heavy atom. The second-order valence-corrected chi connectivity index (χ2v) is 8.10. The second-order valence-electron chi connectivity index (χ2n) is 7.74. The summed E-state index contributed by atoms with van der Waals surface area (Å²) in [4.78, 5) is 15.9. The van der Waals surface area contributed by atoms with Crippen LogP contribution in [0.15, 0.2) is 12.8 Å². The highest BCUT2D eigenvalue weighted by molar-refractivity contribution is 6.32. The quantitative estimate of drug-likeness (QED) is 0.398. The molecule has 2 heterocycles. The van der Waals surface area contributed by atoms with E-state index < -0.39 is 12.1 Å². The third-order valence-corrected chi connectivity index (χ3v) is 4.74. The van der Waals surface area contributed by atoms with Gasteiger partial charge in [0.25, 0.3) is 0 Å². The van der Waals surface area contributed by atoms with Crippen molar-refractivity contribution in [2.45, 2.75) is 66.6 Å². The summed E-state index contributed by atoms with van der Waals surface area (Å²) in [6, 6.07) is 0. The van der Waals surface area contributed by atoms with Crippen LogP contribution in [0.1, 0.15) is 80.7 Å². The van der Waals surface area contributed by atoms with E-state index in [2.05, 4.69) is 46.2 Å². The molecule has 26 heavy (non-hydrogen) atoms. The van der Waals surface area contributed by atoms with E-state index in [0.717, 1.165) is 35.4 Å². The monoisotopic (exact) mass is 383 g/mol. The summed E-state index contributed by atoms with van der Waals surface area (Å²) in [6.45, 7) is 13.9. The summed E-state index contributed by atoms with van der Waals surface area (Å²) in [5, 5.41) is 17.8. The van der Waals surface area contributed by atoms with Crippen molar-refractivity contribution < 1.29 is 19.7 Å². The molecule has 0 bridgehead atoms. The van der Waals surface area contributed by atoms with Crippen molar-refractivity contribution in [3.63, 3.8) is 0 Å². The van der Waals surface area contributed by atoms with Crippen LogP contribution in [0.2, 0.25) is 5.15 Å². The van der Waals surface area contributed by atoms with E-state index in [1.165, 1.54) is 6.42 Å². The Morgan fingerprint density at radius 1 is 1.46 bits per heavy atom. The maximum atomic E-state index is 11.6. The molecule has 0 aromatic carbocycles. The number of hydrogen-bond donors (Lipinski definition) is 2. The first-order valence-electron chi connectivity index (χ1n) is 8.89. The Bertz CT molecular complexity index is 656. The van der Waals surface area contributed by atoms with Crippen LogP contribution in [0.25, 0.3) is 0 Å². The van der Waals surface area contributed by atoms with Crippen molar-refractivity contribution in [1.82, 2.24) is 4.98 Å². The Morgan fingerprint density at radius 2 is 2.00 bits per heavy atom. The third-order valence-electron chi connectivity index (χ3n) is 4.47. The lowest BCUT2D eigenvalue weighted by Gasteiger charge is -2.34. The van der Waals surface area contributed by atoms with Gasteiger partial charge in [0.05, 0.1) is 12.4 Å². The standard InChI is InChI=1S/C13H14ClNO3.C5H12.C2H4O/c1-13(2)3-7-9(8(16)4-13)6-5-18-12(17)10(6)11(14)15-7;1-4-5(2)3;1-2-3/h8,16H,3-5H2,1-2H3;5H,4H2,1-3H3;2-3H,1H2. The molecule has 2 N–H and O–H groups in total. The minimum absolute atomic E-state index is 0.0134. The third kappa shape index (κ3) is 5.45. The molecule has 6 heteroatoms. The summed E-state index contributed by atoms with van der Waals surface area (Å²) in [7, 11) is 0. The fourth-order valence-electron chi connectivity index (χ4n) is 2.91. The van der Waals surface area contributed by atoms with Gasteiger partial charge < -0.3 is 14.9 Å². The molecule has 0 radical (unpaired) electrons. The fourth-order valence-corrected chi connectivity index (χ4v) is 3.21.